The van der Waals surface area contributed by atoms with Crippen LogP contribution >= 0.6 is 0 Å². The molecule has 1 aromatic heterocycles. The number of rotatable bonds is 3. The molecule has 1 aliphatic rings. The van der Waals surface area contributed by atoms with Gasteiger partial charge in [0.25, 0.3) is 0 Å². The van der Waals surface area contributed by atoms with Gasteiger partial charge in [-0.05, 0) is 25.5 Å². The Kier molecular flexibility index (Phi) is 3.11. The van der Waals surface area contributed by atoms with Gasteiger partial charge in [0.1, 0.15) is 12.1 Å². The molecular weight excluding hydrogens is 226 g/mol. The van der Waals surface area contributed by atoms with E-state index in [1.54, 1.807) is 6.33 Å². The Morgan fingerprint density at radius 1 is 1.33 bits per heavy atom. The Morgan fingerprint density at radius 3 is 3.06 bits per heavy atom. The molecule has 0 aliphatic carbocycles. The molecule has 0 saturated carbocycles. The van der Waals surface area contributed by atoms with Crippen molar-refractivity contribution < 1.29 is 4.74 Å². The molecule has 1 fully saturated rings. The molecule has 18 heavy (non-hydrogen) atoms. The first-order valence-corrected chi connectivity index (χ1v) is 6.38. The summed E-state index contributed by atoms with van der Waals surface area (Å²) in [6.07, 6.45) is 2.74. The number of nitrogens with one attached hydrogen (secondary N) is 1. The molecule has 2 atom stereocenters. The summed E-state index contributed by atoms with van der Waals surface area (Å²) in [6, 6.07) is 8.43. The average Bonchev–Trinajstić information content (AvgIpc) is 2.93. The fourth-order valence-corrected chi connectivity index (χ4v) is 2.40. The molecule has 4 nitrogen and oxygen atoms in total. The van der Waals surface area contributed by atoms with E-state index in [-0.39, 0.29) is 0 Å². The second-order valence-corrected chi connectivity index (χ2v) is 4.80. The van der Waals surface area contributed by atoms with E-state index in [0.717, 1.165) is 36.4 Å². The van der Waals surface area contributed by atoms with Gasteiger partial charge in [0.2, 0.25) is 0 Å². The fraction of sp³-hybridized carbons (Fsp3) is 0.429. The van der Waals surface area contributed by atoms with Crippen LogP contribution in [0.5, 0.6) is 0 Å². The van der Waals surface area contributed by atoms with Gasteiger partial charge in [-0.1, -0.05) is 12.1 Å². The maximum absolute atomic E-state index is 5.43. The molecule has 94 valence electrons. The summed E-state index contributed by atoms with van der Waals surface area (Å²) < 4.78 is 5.43. The molecule has 2 heterocycles. The van der Waals surface area contributed by atoms with Crippen molar-refractivity contribution in [1.29, 1.82) is 0 Å². The maximum atomic E-state index is 5.43. The molecule has 1 aliphatic heterocycles. The van der Waals surface area contributed by atoms with Gasteiger partial charge in [-0.25, -0.2) is 9.97 Å². The summed E-state index contributed by atoms with van der Waals surface area (Å²) in [4.78, 5) is 8.63. The predicted molar refractivity (Wildman–Crippen MR) is 71.5 cm³/mol. The number of para-hydroxylation sites is 1. The number of ether oxygens (including phenoxy) is 1. The zero-order valence-electron chi connectivity index (χ0n) is 10.5. The van der Waals surface area contributed by atoms with Crippen molar-refractivity contribution in [2.24, 2.45) is 5.92 Å². The van der Waals surface area contributed by atoms with Crippen LogP contribution in [0.15, 0.2) is 30.6 Å². The van der Waals surface area contributed by atoms with Gasteiger partial charge in [-0.3, -0.25) is 0 Å². The number of benzene rings is 1. The molecule has 0 amide bonds. The quantitative estimate of drug-likeness (QED) is 0.899. The molecule has 3 rings (SSSR count). The van der Waals surface area contributed by atoms with Crippen molar-refractivity contribution in [2.75, 3.05) is 18.5 Å². The number of hydrogen-bond acceptors (Lipinski definition) is 4. The Balaban J connectivity index is 1.85. The Bertz CT molecular complexity index is 532. The van der Waals surface area contributed by atoms with Crippen LogP contribution in [0.3, 0.4) is 0 Å². The first kappa shape index (κ1) is 11.4. The minimum absolute atomic E-state index is 0.366. The molecule has 4 heteroatoms. The van der Waals surface area contributed by atoms with E-state index in [9.17, 15) is 0 Å². The third kappa shape index (κ3) is 2.16. The lowest BCUT2D eigenvalue weighted by Gasteiger charge is -2.20. The third-order valence-corrected chi connectivity index (χ3v) is 3.58. The second kappa shape index (κ2) is 4.90. The first-order valence-electron chi connectivity index (χ1n) is 6.38. The van der Waals surface area contributed by atoms with Crippen LogP contribution in [-0.2, 0) is 4.74 Å². The van der Waals surface area contributed by atoms with Crippen LogP contribution in [0.4, 0.5) is 5.82 Å². The van der Waals surface area contributed by atoms with Gasteiger partial charge in [-0.15, -0.1) is 0 Å². The zero-order chi connectivity index (χ0) is 12.4. The van der Waals surface area contributed by atoms with E-state index in [4.69, 9.17) is 4.74 Å². The Hall–Kier alpha value is -1.68. The minimum Gasteiger partial charge on any atom is -0.381 e. The highest BCUT2D eigenvalue weighted by molar-refractivity contribution is 5.88. The molecule has 1 saturated heterocycles. The second-order valence-electron chi connectivity index (χ2n) is 4.80. The van der Waals surface area contributed by atoms with Gasteiger partial charge in [-0.2, -0.15) is 0 Å². The van der Waals surface area contributed by atoms with Crippen molar-refractivity contribution in [2.45, 2.75) is 19.4 Å². The summed E-state index contributed by atoms with van der Waals surface area (Å²) in [5.41, 5.74) is 0.977. The SMILES string of the molecule is CC(Nc1ncnc2ccccc12)C1CCOC1. The summed E-state index contributed by atoms with van der Waals surface area (Å²) in [7, 11) is 0. The minimum atomic E-state index is 0.366. The highest BCUT2D eigenvalue weighted by Crippen LogP contribution is 2.23. The Morgan fingerprint density at radius 2 is 2.22 bits per heavy atom. The average molecular weight is 243 g/mol. The molecule has 2 unspecified atom stereocenters. The maximum Gasteiger partial charge on any atom is 0.137 e. The standard InChI is InChI=1S/C14H17N3O/c1-10(11-6-7-18-8-11)17-14-12-4-2-3-5-13(12)15-9-16-14/h2-5,9-11H,6-8H2,1H3,(H,15,16,17). The van der Waals surface area contributed by atoms with Crippen LogP contribution in [0.25, 0.3) is 10.9 Å². The number of aromatic nitrogens is 2. The highest BCUT2D eigenvalue weighted by atomic mass is 16.5. The lowest BCUT2D eigenvalue weighted by molar-refractivity contribution is 0.183. The monoisotopic (exact) mass is 243 g/mol. The fourth-order valence-electron chi connectivity index (χ4n) is 2.40. The van der Waals surface area contributed by atoms with Crippen molar-refractivity contribution in [3.63, 3.8) is 0 Å². The van der Waals surface area contributed by atoms with E-state index >= 15 is 0 Å². The Labute approximate surface area is 106 Å². The largest absolute Gasteiger partial charge is 0.381 e. The summed E-state index contributed by atoms with van der Waals surface area (Å²) in [5, 5.41) is 4.57. The predicted octanol–water partition coefficient (Wildman–Crippen LogP) is 2.47. The van der Waals surface area contributed by atoms with Crippen molar-refractivity contribution in [3.8, 4) is 0 Å². The zero-order valence-corrected chi connectivity index (χ0v) is 10.5. The van der Waals surface area contributed by atoms with E-state index in [1.807, 2.05) is 18.2 Å². The first-order chi connectivity index (χ1) is 8.84. The summed E-state index contributed by atoms with van der Waals surface area (Å²) in [5.74, 6) is 1.48. The molecule has 0 spiro atoms. The van der Waals surface area contributed by atoms with Gasteiger partial charge >= 0.3 is 0 Å². The van der Waals surface area contributed by atoms with Gasteiger partial charge < -0.3 is 10.1 Å². The van der Waals surface area contributed by atoms with Crippen LogP contribution in [0, 0.1) is 5.92 Å². The van der Waals surface area contributed by atoms with Crippen molar-refractivity contribution in [3.05, 3.63) is 30.6 Å². The molecule has 1 aromatic carbocycles. The highest BCUT2D eigenvalue weighted by Gasteiger charge is 2.22. The van der Waals surface area contributed by atoms with Gasteiger partial charge in [0.15, 0.2) is 0 Å². The number of fused-ring (bicyclic) bond motifs is 1. The summed E-state index contributed by atoms with van der Waals surface area (Å²) in [6.45, 7) is 3.91. The lowest BCUT2D eigenvalue weighted by Crippen LogP contribution is -2.26. The lowest BCUT2D eigenvalue weighted by atomic mass is 10.0. The third-order valence-electron chi connectivity index (χ3n) is 3.58. The van der Waals surface area contributed by atoms with Crippen molar-refractivity contribution in [1.82, 2.24) is 9.97 Å². The van der Waals surface area contributed by atoms with E-state index in [0.29, 0.717) is 12.0 Å². The molecule has 0 bridgehead atoms. The van der Waals surface area contributed by atoms with Crippen molar-refractivity contribution >= 4 is 16.7 Å². The number of nitrogens with zero attached hydrogens (tertiary/aromatic N) is 2. The van der Waals surface area contributed by atoms with Crippen LogP contribution in [0.1, 0.15) is 13.3 Å². The molecular formula is C14H17N3O. The normalized spacial score (nSPS) is 21.1. The van der Waals surface area contributed by atoms with E-state index in [2.05, 4.69) is 28.3 Å². The van der Waals surface area contributed by atoms with Crippen LogP contribution < -0.4 is 5.32 Å². The molecule has 0 radical (unpaired) electrons. The topological polar surface area (TPSA) is 47.0 Å². The summed E-state index contributed by atoms with van der Waals surface area (Å²) >= 11 is 0. The number of hydrogen-bond donors (Lipinski definition) is 1. The van der Waals surface area contributed by atoms with Gasteiger partial charge in [0.05, 0.1) is 12.1 Å². The van der Waals surface area contributed by atoms with E-state index < -0.39 is 0 Å². The molecule has 1 N–H and O–H groups in total. The van der Waals surface area contributed by atoms with Crippen LogP contribution in [0.2, 0.25) is 0 Å². The van der Waals surface area contributed by atoms with Crippen LogP contribution in [-0.4, -0.2) is 29.2 Å². The molecule has 2 aromatic rings. The van der Waals surface area contributed by atoms with E-state index in [1.165, 1.54) is 0 Å². The van der Waals surface area contributed by atoms with Gasteiger partial charge in [0, 0.05) is 24.0 Å². The smallest absolute Gasteiger partial charge is 0.137 e. The number of anilines is 1.